The summed E-state index contributed by atoms with van der Waals surface area (Å²) in [4.78, 5) is 24.9. The minimum Gasteiger partial charge on any atom is -0.494 e. The Labute approximate surface area is 195 Å². The number of carbonyl (C=O) groups is 2. The van der Waals surface area contributed by atoms with Gasteiger partial charge in [-0.2, -0.15) is 5.10 Å². The summed E-state index contributed by atoms with van der Waals surface area (Å²) in [5, 5.41) is 4.02. The maximum Gasteiger partial charge on any atom is 0.343 e. The number of esters is 1. The molecule has 0 radical (unpaired) electrons. The molecule has 0 aliphatic heterocycles. The molecule has 1 N–H and O–H groups in total. The average Bonchev–Trinajstić information content (AvgIpc) is 2.80. The number of rotatable bonds is 8. The molecule has 0 atom stereocenters. The van der Waals surface area contributed by atoms with E-state index >= 15 is 0 Å². The Hall–Kier alpha value is -3.45. The average molecular weight is 495 g/mol. The number of benzene rings is 3. The van der Waals surface area contributed by atoms with Crippen LogP contribution in [0.15, 0.2) is 76.3 Å². The van der Waals surface area contributed by atoms with Crippen LogP contribution < -0.4 is 14.9 Å². The number of ether oxygens (including phenoxy) is 2. The van der Waals surface area contributed by atoms with Crippen molar-refractivity contribution in [3.8, 4) is 11.5 Å². The molecular formula is C25H23BrN2O4. The van der Waals surface area contributed by atoms with Crippen LogP contribution in [0.25, 0.3) is 0 Å². The van der Waals surface area contributed by atoms with Gasteiger partial charge < -0.3 is 9.47 Å². The Bertz CT molecular complexity index is 1130. The third-order valence-corrected chi connectivity index (χ3v) is 4.99. The number of hydrogen-bond donors (Lipinski definition) is 1. The predicted octanol–water partition coefficient (Wildman–Crippen LogP) is 5.53. The lowest BCUT2D eigenvalue weighted by molar-refractivity contribution is 0.0733. The van der Waals surface area contributed by atoms with Crippen LogP contribution in [0.3, 0.4) is 0 Å². The molecule has 6 nitrogen and oxygen atoms in total. The molecule has 1 amide bonds. The Morgan fingerprint density at radius 2 is 1.81 bits per heavy atom. The maximum atomic E-state index is 12.6. The number of aryl methyl sites for hydroxylation is 1. The Kier molecular flexibility index (Phi) is 8.16. The van der Waals surface area contributed by atoms with E-state index in [4.69, 9.17) is 9.47 Å². The van der Waals surface area contributed by atoms with Gasteiger partial charge in [-0.05, 0) is 67.4 Å². The summed E-state index contributed by atoms with van der Waals surface area (Å²) in [6.45, 7) is 4.50. The number of hydrogen-bond acceptors (Lipinski definition) is 5. The van der Waals surface area contributed by atoms with E-state index in [-0.39, 0.29) is 5.91 Å². The van der Waals surface area contributed by atoms with Gasteiger partial charge in [0.15, 0.2) is 0 Å². The highest BCUT2D eigenvalue weighted by Gasteiger charge is 2.13. The topological polar surface area (TPSA) is 77.0 Å². The fourth-order valence-corrected chi connectivity index (χ4v) is 3.20. The lowest BCUT2D eigenvalue weighted by Gasteiger charge is -2.09. The third-order valence-electron chi connectivity index (χ3n) is 4.50. The van der Waals surface area contributed by atoms with Crippen molar-refractivity contribution in [2.24, 2.45) is 5.10 Å². The van der Waals surface area contributed by atoms with Crippen LogP contribution in [0, 0.1) is 6.92 Å². The normalized spacial score (nSPS) is 10.7. The molecule has 0 unspecified atom stereocenters. The fourth-order valence-electron chi connectivity index (χ4n) is 2.82. The molecular weight excluding hydrogens is 472 g/mol. The van der Waals surface area contributed by atoms with Crippen molar-refractivity contribution < 1.29 is 19.1 Å². The minimum absolute atomic E-state index is 0.330. The molecule has 0 aromatic heterocycles. The molecule has 0 saturated carbocycles. The number of halogens is 1. The van der Waals surface area contributed by atoms with Gasteiger partial charge in [0.25, 0.3) is 5.91 Å². The van der Waals surface area contributed by atoms with Crippen molar-refractivity contribution in [2.75, 3.05) is 6.61 Å². The number of nitrogens with one attached hydrogen (secondary N) is 1. The maximum absolute atomic E-state index is 12.6. The number of carbonyl (C=O) groups excluding carboxylic acids is 2. The molecule has 0 spiro atoms. The number of amides is 1. The van der Waals surface area contributed by atoms with E-state index in [1.54, 1.807) is 54.6 Å². The summed E-state index contributed by atoms with van der Waals surface area (Å²) in [5.41, 5.74) is 4.77. The Balaban J connectivity index is 1.69. The molecule has 0 aliphatic carbocycles. The van der Waals surface area contributed by atoms with E-state index in [1.807, 2.05) is 26.0 Å². The van der Waals surface area contributed by atoms with Crippen molar-refractivity contribution in [3.05, 3.63) is 93.5 Å². The molecule has 3 rings (SSSR count). The molecule has 0 fully saturated rings. The largest absolute Gasteiger partial charge is 0.494 e. The van der Waals surface area contributed by atoms with Gasteiger partial charge in [0.05, 0.1) is 18.4 Å². The smallest absolute Gasteiger partial charge is 0.343 e. The van der Waals surface area contributed by atoms with Gasteiger partial charge in [0.1, 0.15) is 11.5 Å². The van der Waals surface area contributed by atoms with E-state index in [1.165, 1.54) is 6.21 Å². The van der Waals surface area contributed by atoms with Crippen molar-refractivity contribution in [1.82, 2.24) is 5.43 Å². The summed E-state index contributed by atoms with van der Waals surface area (Å²) >= 11 is 3.40. The zero-order valence-electron chi connectivity index (χ0n) is 17.8. The van der Waals surface area contributed by atoms with Gasteiger partial charge in [-0.15, -0.1) is 0 Å². The molecule has 0 bridgehead atoms. The molecule has 0 saturated heterocycles. The first-order valence-electron chi connectivity index (χ1n) is 10.1. The first-order valence-corrected chi connectivity index (χ1v) is 10.9. The summed E-state index contributed by atoms with van der Waals surface area (Å²) in [7, 11) is 0. The van der Waals surface area contributed by atoms with E-state index in [2.05, 4.69) is 26.5 Å². The van der Waals surface area contributed by atoms with Crippen LogP contribution in [0.1, 0.15) is 45.2 Å². The van der Waals surface area contributed by atoms with Gasteiger partial charge in [-0.25, -0.2) is 10.2 Å². The summed E-state index contributed by atoms with van der Waals surface area (Å²) in [5.74, 6) is 0.212. The van der Waals surface area contributed by atoms with E-state index in [0.29, 0.717) is 34.8 Å². The van der Waals surface area contributed by atoms with Crippen LogP contribution >= 0.6 is 15.9 Å². The van der Waals surface area contributed by atoms with Crippen LogP contribution in [-0.4, -0.2) is 24.7 Å². The van der Waals surface area contributed by atoms with Crippen molar-refractivity contribution in [2.45, 2.75) is 20.3 Å². The SMILES string of the molecule is CCCOc1ccc(C(=O)N/N=C\c2cc(Br)ccc2OC(=O)c2ccccc2C)cc1. The second-order valence-electron chi connectivity index (χ2n) is 6.96. The number of nitrogens with zero attached hydrogens (tertiary/aromatic N) is 1. The highest BCUT2D eigenvalue weighted by Crippen LogP contribution is 2.23. The van der Waals surface area contributed by atoms with Gasteiger partial charge in [-0.3, -0.25) is 4.79 Å². The zero-order chi connectivity index (χ0) is 22.9. The molecule has 0 aliphatic rings. The van der Waals surface area contributed by atoms with Crippen molar-refractivity contribution >= 4 is 34.0 Å². The summed E-state index contributed by atoms with van der Waals surface area (Å²) in [6.07, 6.45) is 2.34. The van der Waals surface area contributed by atoms with Crippen LogP contribution in [0.4, 0.5) is 0 Å². The van der Waals surface area contributed by atoms with Gasteiger partial charge in [-0.1, -0.05) is 41.1 Å². The predicted molar refractivity (Wildman–Crippen MR) is 128 cm³/mol. The molecule has 3 aromatic rings. The van der Waals surface area contributed by atoms with E-state index < -0.39 is 5.97 Å². The summed E-state index contributed by atoms with van der Waals surface area (Å²) < 4.78 is 11.9. The number of hydrazone groups is 1. The molecule has 0 heterocycles. The third kappa shape index (κ3) is 6.28. The Morgan fingerprint density at radius 1 is 1.06 bits per heavy atom. The van der Waals surface area contributed by atoms with E-state index in [0.717, 1.165) is 16.5 Å². The van der Waals surface area contributed by atoms with Gasteiger partial charge >= 0.3 is 5.97 Å². The second-order valence-corrected chi connectivity index (χ2v) is 7.87. The standard InChI is InChI=1S/C25H23BrN2O4/c1-3-14-31-21-11-8-18(9-12-21)24(29)28-27-16-19-15-20(26)10-13-23(19)32-25(30)22-7-5-4-6-17(22)2/h4-13,15-16H,3,14H2,1-2H3,(H,28,29)/b27-16-. The zero-order valence-corrected chi connectivity index (χ0v) is 19.4. The summed E-state index contributed by atoms with van der Waals surface area (Å²) in [6, 6.07) is 19.2. The monoisotopic (exact) mass is 494 g/mol. The quantitative estimate of drug-likeness (QED) is 0.193. The molecule has 164 valence electrons. The van der Waals surface area contributed by atoms with Gasteiger partial charge in [0, 0.05) is 15.6 Å². The lowest BCUT2D eigenvalue weighted by Crippen LogP contribution is -2.17. The molecule has 7 heteroatoms. The second kappa shape index (κ2) is 11.2. The van der Waals surface area contributed by atoms with Crippen LogP contribution in [0.2, 0.25) is 0 Å². The van der Waals surface area contributed by atoms with Crippen molar-refractivity contribution in [3.63, 3.8) is 0 Å². The van der Waals surface area contributed by atoms with Gasteiger partial charge in [0.2, 0.25) is 0 Å². The van der Waals surface area contributed by atoms with Crippen molar-refractivity contribution in [1.29, 1.82) is 0 Å². The lowest BCUT2D eigenvalue weighted by atomic mass is 10.1. The fraction of sp³-hybridized carbons (Fsp3) is 0.160. The van der Waals surface area contributed by atoms with E-state index in [9.17, 15) is 9.59 Å². The first kappa shape index (κ1) is 23.2. The Morgan fingerprint density at radius 3 is 2.53 bits per heavy atom. The minimum atomic E-state index is -0.463. The van der Waals surface area contributed by atoms with Crippen LogP contribution in [0.5, 0.6) is 11.5 Å². The van der Waals surface area contributed by atoms with Crippen LogP contribution in [-0.2, 0) is 0 Å². The first-order chi connectivity index (χ1) is 15.5. The molecule has 32 heavy (non-hydrogen) atoms. The molecule has 3 aromatic carbocycles. The highest BCUT2D eigenvalue weighted by atomic mass is 79.9. The highest BCUT2D eigenvalue weighted by molar-refractivity contribution is 9.10.